The number of carbonyl (C=O) groups excluding carboxylic acids is 1. The fourth-order valence-corrected chi connectivity index (χ4v) is 4.95. The Bertz CT molecular complexity index is 1010. The van der Waals surface area contributed by atoms with Crippen LogP contribution in [0.2, 0.25) is 0 Å². The van der Waals surface area contributed by atoms with E-state index in [1.807, 2.05) is 4.90 Å². The van der Waals surface area contributed by atoms with Crippen LogP contribution in [0.5, 0.6) is 0 Å². The maximum atomic E-state index is 13.2. The summed E-state index contributed by atoms with van der Waals surface area (Å²) < 4.78 is 4.31. The number of likely N-dealkylation sites (tertiary alicyclic amines) is 1. The molecule has 0 spiro atoms. The Morgan fingerprint density at radius 3 is 2.93 bits per heavy atom. The lowest BCUT2D eigenvalue weighted by molar-refractivity contribution is 0.0637. The van der Waals surface area contributed by atoms with Crippen molar-refractivity contribution in [2.45, 2.75) is 36.1 Å². The molecular formula is C18H17N7OS2. The maximum Gasteiger partial charge on any atom is 0.276 e. The Morgan fingerprint density at radius 2 is 2.14 bits per heavy atom. The number of pyridine rings is 1. The van der Waals surface area contributed by atoms with Gasteiger partial charge in [0.05, 0.1) is 29.1 Å². The smallest absolute Gasteiger partial charge is 0.276 e. The van der Waals surface area contributed by atoms with Gasteiger partial charge in [0, 0.05) is 29.4 Å². The zero-order chi connectivity index (χ0) is 19.5. The first-order valence-corrected chi connectivity index (χ1v) is 10.5. The number of aromatic nitrogens is 5. The third kappa shape index (κ3) is 3.76. The number of rotatable bonds is 4. The van der Waals surface area contributed by atoms with Crippen LogP contribution in [0.4, 0.5) is 0 Å². The molecule has 1 amide bonds. The molecule has 1 aliphatic rings. The van der Waals surface area contributed by atoms with Crippen LogP contribution < -0.4 is 0 Å². The van der Waals surface area contributed by atoms with Crippen LogP contribution in [-0.2, 0) is 0 Å². The zero-order valence-corrected chi connectivity index (χ0v) is 16.7. The first-order valence-electron chi connectivity index (χ1n) is 8.80. The molecule has 3 aromatic heterocycles. The van der Waals surface area contributed by atoms with E-state index in [0.29, 0.717) is 23.5 Å². The normalized spacial score (nSPS) is 19.4. The van der Waals surface area contributed by atoms with Gasteiger partial charge in [-0.2, -0.15) is 19.8 Å². The second-order valence-electron chi connectivity index (χ2n) is 6.49. The SMILES string of the molecule is C[C@@H]1CC[C@@H](Sc2cc(C#N)ccn2)CN1C(=O)c1nscc1-n1nccn1. The molecule has 4 rings (SSSR count). The van der Waals surface area contributed by atoms with E-state index in [9.17, 15) is 4.79 Å². The van der Waals surface area contributed by atoms with E-state index < -0.39 is 0 Å². The average Bonchev–Trinajstić information content (AvgIpc) is 3.40. The monoisotopic (exact) mass is 411 g/mol. The summed E-state index contributed by atoms with van der Waals surface area (Å²) in [4.78, 5) is 20.9. The van der Waals surface area contributed by atoms with Crippen LogP contribution in [0, 0.1) is 11.3 Å². The van der Waals surface area contributed by atoms with E-state index in [1.165, 1.54) is 16.3 Å². The molecule has 1 aliphatic heterocycles. The Balaban J connectivity index is 1.52. The number of nitrogens with zero attached hydrogens (tertiary/aromatic N) is 7. The predicted molar refractivity (Wildman–Crippen MR) is 105 cm³/mol. The van der Waals surface area contributed by atoms with Crippen LogP contribution in [0.25, 0.3) is 5.69 Å². The molecule has 8 nitrogen and oxygen atoms in total. The van der Waals surface area contributed by atoms with Crippen LogP contribution in [-0.4, -0.2) is 53.0 Å². The molecule has 0 saturated carbocycles. The van der Waals surface area contributed by atoms with Crippen molar-refractivity contribution in [2.75, 3.05) is 6.54 Å². The van der Waals surface area contributed by atoms with Gasteiger partial charge in [-0.25, -0.2) is 4.98 Å². The van der Waals surface area contributed by atoms with Crippen LogP contribution in [0.15, 0.2) is 41.1 Å². The van der Waals surface area contributed by atoms with Gasteiger partial charge in [0.1, 0.15) is 5.69 Å². The number of piperidine rings is 1. The van der Waals surface area contributed by atoms with Gasteiger partial charge in [-0.3, -0.25) is 4.79 Å². The molecule has 3 aromatic rings. The minimum absolute atomic E-state index is 0.106. The molecule has 4 heterocycles. The first kappa shape index (κ1) is 18.6. The van der Waals surface area contributed by atoms with Crippen LogP contribution >= 0.6 is 23.3 Å². The topological polar surface area (TPSA) is 101 Å². The van der Waals surface area contributed by atoms with Gasteiger partial charge < -0.3 is 4.90 Å². The van der Waals surface area contributed by atoms with Gasteiger partial charge in [0.2, 0.25) is 0 Å². The lowest BCUT2D eigenvalue weighted by Crippen LogP contribution is -2.47. The van der Waals surface area contributed by atoms with Crippen LogP contribution in [0.3, 0.4) is 0 Å². The molecule has 0 N–H and O–H groups in total. The molecule has 0 bridgehead atoms. The summed E-state index contributed by atoms with van der Waals surface area (Å²) in [5.41, 5.74) is 1.57. The standard InChI is InChI=1S/C18H17N7OS2/c1-12-2-3-14(28-16-8-13(9-19)4-5-20-16)10-24(12)18(26)17-15(11-27-23-17)25-21-6-7-22-25/h4-8,11-12,14H,2-3,10H2,1H3/t12-,14-/m1/s1. The third-order valence-corrected chi connectivity index (χ3v) is 6.44. The minimum atomic E-state index is -0.106. The van der Waals surface area contributed by atoms with Crippen molar-refractivity contribution in [3.63, 3.8) is 0 Å². The molecular weight excluding hydrogens is 394 g/mol. The summed E-state index contributed by atoms with van der Waals surface area (Å²) in [6, 6.07) is 5.74. The number of hydrogen-bond donors (Lipinski definition) is 0. The lowest BCUT2D eigenvalue weighted by Gasteiger charge is -2.37. The number of hydrogen-bond acceptors (Lipinski definition) is 8. The van der Waals surface area contributed by atoms with E-state index in [2.05, 4.69) is 32.5 Å². The maximum absolute atomic E-state index is 13.2. The van der Waals surface area contributed by atoms with Gasteiger partial charge in [-0.05, 0) is 43.4 Å². The molecule has 2 atom stereocenters. The first-order chi connectivity index (χ1) is 13.7. The van der Waals surface area contributed by atoms with Crippen molar-refractivity contribution in [3.8, 4) is 11.8 Å². The van der Waals surface area contributed by atoms with Gasteiger partial charge in [-0.1, -0.05) is 0 Å². The molecule has 0 aliphatic carbocycles. The summed E-state index contributed by atoms with van der Waals surface area (Å²) in [7, 11) is 0. The van der Waals surface area contributed by atoms with Gasteiger partial charge >= 0.3 is 0 Å². The number of thioether (sulfide) groups is 1. The van der Waals surface area contributed by atoms with E-state index in [-0.39, 0.29) is 17.2 Å². The van der Waals surface area contributed by atoms with Gasteiger partial charge in [0.25, 0.3) is 5.91 Å². The van der Waals surface area contributed by atoms with E-state index in [1.54, 1.807) is 47.9 Å². The largest absolute Gasteiger partial charge is 0.333 e. The van der Waals surface area contributed by atoms with Crippen molar-refractivity contribution >= 4 is 29.2 Å². The zero-order valence-electron chi connectivity index (χ0n) is 15.1. The highest BCUT2D eigenvalue weighted by molar-refractivity contribution is 7.99. The summed E-state index contributed by atoms with van der Waals surface area (Å²) >= 11 is 2.83. The Morgan fingerprint density at radius 1 is 1.32 bits per heavy atom. The van der Waals surface area contributed by atoms with Crippen molar-refractivity contribution in [2.24, 2.45) is 0 Å². The Kier molecular flexibility index (Phi) is 5.36. The fraction of sp³-hybridized carbons (Fsp3) is 0.333. The Labute approximate surface area is 170 Å². The summed E-state index contributed by atoms with van der Waals surface area (Å²) in [6.07, 6.45) is 6.68. The number of nitriles is 1. The molecule has 0 unspecified atom stereocenters. The minimum Gasteiger partial charge on any atom is -0.333 e. The molecule has 0 aromatic carbocycles. The molecule has 1 saturated heterocycles. The van der Waals surface area contributed by atoms with E-state index in [0.717, 1.165) is 17.9 Å². The van der Waals surface area contributed by atoms with Crippen molar-refractivity contribution in [1.29, 1.82) is 5.26 Å². The van der Waals surface area contributed by atoms with E-state index in [4.69, 9.17) is 5.26 Å². The summed E-state index contributed by atoms with van der Waals surface area (Å²) in [6.45, 7) is 2.66. The molecule has 10 heteroatoms. The van der Waals surface area contributed by atoms with Gasteiger partial charge in [0.15, 0.2) is 5.69 Å². The Hall–Kier alpha value is -2.77. The molecule has 142 valence electrons. The van der Waals surface area contributed by atoms with Crippen LogP contribution in [0.1, 0.15) is 35.8 Å². The summed E-state index contributed by atoms with van der Waals surface area (Å²) in [5, 5.41) is 20.1. The fourth-order valence-electron chi connectivity index (χ4n) is 3.17. The molecule has 0 radical (unpaired) electrons. The molecule has 28 heavy (non-hydrogen) atoms. The molecule has 1 fully saturated rings. The summed E-state index contributed by atoms with van der Waals surface area (Å²) in [5.74, 6) is -0.106. The third-order valence-electron chi connectivity index (χ3n) is 4.64. The van der Waals surface area contributed by atoms with Crippen molar-refractivity contribution < 1.29 is 4.79 Å². The highest BCUT2D eigenvalue weighted by Crippen LogP contribution is 2.32. The van der Waals surface area contributed by atoms with Crippen molar-refractivity contribution in [3.05, 3.63) is 47.4 Å². The lowest BCUT2D eigenvalue weighted by atomic mass is 10.0. The second-order valence-corrected chi connectivity index (χ2v) is 8.43. The highest BCUT2D eigenvalue weighted by Gasteiger charge is 2.33. The highest BCUT2D eigenvalue weighted by atomic mass is 32.2. The number of amides is 1. The number of carbonyl (C=O) groups is 1. The average molecular weight is 412 g/mol. The van der Waals surface area contributed by atoms with E-state index >= 15 is 0 Å². The quantitative estimate of drug-likeness (QED) is 0.650. The second kappa shape index (κ2) is 8.08. The van der Waals surface area contributed by atoms with Gasteiger partial charge in [-0.15, -0.1) is 16.6 Å². The predicted octanol–water partition coefficient (Wildman–Crippen LogP) is 2.78. The van der Waals surface area contributed by atoms with Crippen molar-refractivity contribution in [1.82, 2.24) is 29.3 Å².